The van der Waals surface area contributed by atoms with Crippen molar-refractivity contribution in [2.24, 2.45) is 5.92 Å². The Morgan fingerprint density at radius 3 is 2.63 bits per heavy atom. The summed E-state index contributed by atoms with van der Waals surface area (Å²) >= 11 is 0. The number of aldehydes is 1. The van der Waals surface area contributed by atoms with Crippen molar-refractivity contribution in [1.82, 2.24) is 15.6 Å². The number of aryl methyl sites for hydroxylation is 1. The molecular formula is C14H21N3O2. The Bertz CT molecular complexity index is 473. The Hall–Kier alpha value is -1.62. The van der Waals surface area contributed by atoms with Gasteiger partial charge in [0.05, 0.1) is 11.3 Å². The first kappa shape index (κ1) is 13.8. The second-order valence-electron chi connectivity index (χ2n) is 5.18. The van der Waals surface area contributed by atoms with Gasteiger partial charge in [0.1, 0.15) is 0 Å². The van der Waals surface area contributed by atoms with E-state index < -0.39 is 0 Å². The molecule has 0 spiro atoms. The van der Waals surface area contributed by atoms with Gasteiger partial charge >= 0.3 is 0 Å². The number of carbonyl (C=O) groups excluding carboxylic acids is 2. The highest BCUT2D eigenvalue weighted by atomic mass is 16.1. The van der Waals surface area contributed by atoms with Crippen molar-refractivity contribution in [3.05, 3.63) is 22.5 Å². The Morgan fingerprint density at radius 2 is 2.05 bits per heavy atom. The van der Waals surface area contributed by atoms with E-state index in [1.807, 2.05) is 6.92 Å². The van der Waals surface area contributed by atoms with E-state index in [4.69, 9.17) is 0 Å². The zero-order chi connectivity index (χ0) is 13.8. The van der Waals surface area contributed by atoms with Gasteiger partial charge in [-0.1, -0.05) is 0 Å². The van der Waals surface area contributed by atoms with Gasteiger partial charge < -0.3 is 15.6 Å². The first-order valence-corrected chi connectivity index (χ1v) is 6.76. The van der Waals surface area contributed by atoms with E-state index in [0.717, 1.165) is 43.5 Å². The molecule has 1 fully saturated rings. The van der Waals surface area contributed by atoms with Gasteiger partial charge in [-0.3, -0.25) is 9.59 Å². The molecule has 1 aromatic rings. The van der Waals surface area contributed by atoms with Crippen LogP contribution in [0.15, 0.2) is 0 Å². The van der Waals surface area contributed by atoms with E-state index in [1.165, 1.54) is 0 Å². The molecular weight excluding hydrogens is 242 g/mol. The molecule has 0 aliphatic carbocycles. The number of rotatable bonds is 4. The van der Waals surface area contributed by atoms with Crippen LogP contribution in [-0.4, -0.2) is 36.8 Å². The van der Waals surface area contributed by atoms with E-state index in [0.29, 0.717) is 23.7 Å². The summed E-state index contributed by atoms with van der Waals surface area (Å²) in [4.78, 5) is 26.0. The van der Waals surface area contributed by atoms with Crippen molar-refractivity contribution in [2.45, 2.75) is 26.7 Å². The maximum Gasteiger partial charge on any atom is 0.253 e. The molecule has 1 aliphatic heterocycles. The number of H-pyrrole nitrogens is 1. The van der Waals surface area contributed by atoms with Gasteiger partial charge in [-0.15, -0.1) is 0 Å². The topological polar surface area (TPSA) is 74.0 Å². The molecule has 0 saturated carbocycles. The normalized spacial score (nSPS) is 16.3. The number of hydrogen-bond acceptors (Lipinski definition) is 3. The van der Waals surface area contributed by atoms with Crippen LogP contribution in [-0.2, 0) is 0 Å². The molecule has 0 radical (unpaired) electrons. The molecule has 1 saturated heterocycles. The Kier molecular flexibility index (Phi) is 4.37. The van der Waals surface area contributed by atoms with Crippen LogP contribution in [0.25, 0.3) is 0 Å². The molecule has 0 atom stereocenters. The summed E-state index contributed by atoms with van der Waals surface area (Å²) in [6, 6.07) is 0. The number of aromatic amines is 1. The summed E-state index contributed by atoms with van der Waals surface area (Å²) in [7, 11) is 0. The molecule has 3 N–H and O–H groups in total. The third-order valence-corrected chi connectivity index (χ3v) is 3.83. The van der Waals surface area contributed by atoms with E-state index >= 15 is 0 Å². The predicted octanol–water partition coefficient (Wildman–Crippen LogP) is 1.17. The smallest absolute Gasteiger partial charge is 0.253 e. The van der Waals surface area contributed by atoms with Gasteiger partial charge in [0.2, 0.25) is 0 Å². The lowest BCUT2D eigenvalue weighted by Crippen LogP contribution is -2.36. The van der Waals surface area contributed by atoms with Crippen LogP contribution in [0.2, 0.25) is 0 Å². The van der Waals surface area contributed by atoms with E-state index in [9.17, 15) is 9.59 Å². The van der Waals surface area contributed by atoms with Gasteiger partial charge in [-0.2, -0.15) is 0 Å². The summed E-state index contributed by atoms with van der Waals surface area (Å²) in [6.07, 6.45) is 2.96. The van der Waals surface area contributed by atoms with Gasteiger partial charge in [0.15, 0.2) is 6.29 Å². The largest absolute Gasteiger partial charge is 0.356 e. The quantitative estimate of drug-likeness (QED) is 0.714. The van der Waals surface area contributed by atoms with E-state index in [2.05, 4.69) is 15.6 Å². The van der Waals surface area contributed by atoms with Crippen LogP contribution in [0.5, 0.6) is 0 Å². The molecule has 104 valence electrons. The fourth-order valence-electron chi connectivity index (χ4n) is 2.64. The SMILES string of the molecule is Cc1[nH]c(C=O)c(C)c1C(=O)NCC1CCNCC1. The maximum absolute atomic E-state index is 12.2. The van der Waals surface area contributed by atoms with Crippen molar-refractivity contribution in [3.8, 4) is 0 Å². The van der Waals surface area contributed by atoms with Gasteiger partial charge in [0.25, 0.3) is 5.91 Å². The monoisotopic (exact) mass is 263 g/mol. The first-order chi connectivity index (χ1) is 9.13. The zero-order valence-electron chi connectivity index (χ0n) is 11.5. The number of aromatic nitrogens is 1. The summed E-state index contributed by atoms with van der Waals surface area (Å²) < 4.78 is 0. The van der Waals surface area contributed by atoms with Crippen molar-refractivity contribution < 1.29 is 9.59 Å². The van der Waals surface area contributed by atoms with Crippen LogP contribution >= 0.6 is 0 Å². The molecule has 5 heteroatoms. The minimum Gasteiger partial charge on any atom is -0.356 e. The number of hydrogen-bond donors (Lipinski definition) is 3. The highest BCUT2D eigenvalue weighted by molar-refractivity contribution is 5.99. The van der Waals surface area contributed by atoms with Crippen LogP contribution in [0.4, 0.5) is 0 Å². The van der Waals surface area contributed by atoms with Crippen molar-refractivity contribution in [2.75, 3.05) is 19.6 Å². The lowest BCUT2D eigenvalue weighted by atomic mass is 9.98. The minimum absolute atomic E-state index is 0.0853. The minimum atomic E-state index is -0.0853. The van der Waals surface area contributed by atoms with E-state index in [1.54, 1.807) is 6.92 Å². The lowest BCUT2D eigenvalue weighted by Gasteiger charge is -2.22. The lowest BCUT2D eigenvalue weighted by molar-refractivity contribution is 0.0943. The summed E-state index contributed by atoms with van der Waals surface area (Å²) in [5, 5.41) is 6.29. The third kappa shape index (κ3) is 3.04. The van der Waals surface area contributed by atoms with Crippen molar-refractivity contribution in [3.63, 3.8) is 0 Å². The van der Waals surface area contributed by atoms with Crippen LogP contribution < -0.4 is 10.6 Å². The fraction of sp³-hybridized carbons (Fsp3) is 0.571. The van der Waals surface area contributed by atoms with Gasteiger partial charge in [0, 0.05) is 12.2 Å². The second kappa shape index (κ2) is 6.02. The van der Waals surface area contributed by atoms with E-state index in [-0.39, 0.29) is 5.91 Å². The molecule has 2 heterocycles. The molecule has 1 aliphatic rings. The van der Waals surface area contributed by atoms with Gasteiger partial charge in [-0.05, 0) is 51.3 Å². The highest BCUT2D eigenvalue weighted by Gasteiger charge is 2.19. The van der Waals surface area contributed by atoms with Crippen LogP contribution in [0, 0.1) is 19.8 Å². The number of piperidine rings is 1. The zero-order valence-corrected chi connectivity index (χ0v) is 11.5. The first-order valence-electron chi connectivity index (χ1n) is 6.76. The molecule has 0 bridgehead atoms. The molecule has 1 aromatic heterocycles. The molecule has 5 nitrogen and oxygen atoms in total. The maximum atomic E-state index is 12.2. The number of nitrogens with one attached hydrogen (secondary N) is 3. The standard InChI is InChI=1S/C14H21N3O2/c1-9-12(8-18)17-10(2)13(9)14(19)16-7-11-3-5-15-6-4-11/h8,11,15,17H,3-7H2,1-2H3,(H,16,19). The molecule has 19 heavy (non-hydrogen) atoms. The summed E-state index contributed by atoms with van der Waals surface area (Å²) in [5.74, 6) is 0.466. The molecule has 1 amide bonds. The summed E-state index contributed by atoms with van der Waals surface area (Å²) in [6.45, 7) is 6.38. The Balaban J connectivity index is 1.99. The third-order valence-electron chi connectivity index (χ3n) is 3.83. The highest BCUT2D eigenvalue weighted by Crippen LogP contribution is 2.17. The average Bonchev–Trinajstić information content (AvgIpc) is 2.72. The molecule has 2 rings (SSSR count). The Morgan fingerprint density at radius 1 is 1.37 bits per heavy atom. The second-order valence-corrected chi connectivity index (χ2v) is 5.18. The predicted molar refractivity (Wildman–Crippen MR) is 73.6 cm³/mol. The van der Waals surface area contributed by atoms with Gasteiger partial charge in [-0.25, -0.2) is 0 Å². The fourth-order valence-corrected chi connectivity index (χ4v) is 2.64. The number of carbonyl (C=O) groups is 2. The Labute approximate surface area is 113 Å². The average molecular weight is 263 g/mol. The van der Waals surface area contributed by atoms with Crippen LogP contribution in [0.1, 0.15) is 44.9 Å². The number of amides is 1. The molecule has 0 unspecified atom stereocenters. The van der Waals surface area contributed by atoms with Crippen LogP contribution in [0.3, 0.4) is 0 Å². The van der Waals surface area contributed by atoms with Crippen molar-refractivity contribution >= 4 is 12.2 Å². The molecule has 0 aromatic carbocycles. The summed E-state index contributed by atoms with van der Waals surface area (Å²) in [5.41, 5.74) is 2.58. The van der Waals surface area contributed by atoms with Crippen molar-refractivity contribution in [1.29, 1.82) is 0 Å².